The molecule has 1 saturated heterocycles. The van der Waals surface area contributed by atoms with E-state index in [1.54, 1.807) is 12.1 Å². The smallest absolute Gasteiger partial charge is 0.317 e. The van der Waals surface area contributed by atoms with Gasteiger partial charge >= 0.3 is 6.03 Å². The summed E-state index contributed by atoms with van der Waals surface area (Å²) in [5.41, 5.74) is 1.21. The van der Waals surface area contributed by atoms with E-state index in [1.165, 1.54) is 11.6 Å². The number of pyridine rings is 1. The largest absolute Gasteiger partial charge is 0.350 e. The number of amides is 2. The van der Waals surface area contributed by atoms with Gasteiger partial charge in [-0.2, -0.15) is 4.39 Å². The maximum atomic E-state index is 13.3. The van der Waals surface area contributed by atoms with Crippen LogP contribution in [-0.4, -0.2) is 48.1 Å². The van der Waals surface area contributed by atoms with Crippen LogP contribution in [0.2, 0.25) is 0 Å². The van der Waals surface area contributed by atoms with Crippen molar-refractivity contribution in [1.29, 1.82) is 0 Å². The van der Waals surface area contributed by atoms with Crippen molar-refractivity contribution in [3.8, 4) is 0 Å². The molecule has 2 heterocycles. The third-order valence-corrected chi connectivity index (χ3v) is 4.44. The van der Waals surface area contributed by atoms with Crippen LogP contribution in [0, 0.1) is 5.95 Å². The molecule has 1 N–H and O–H groups in total. The van der Waals surface area contributed by atoms with E-state index in [9.17, 15) is 9.18 Å². The van der Waals surface area contributed by atoms with Crippen molar-refractivity contribution in [3.63, 3.8) is 0 Å². The first-order chi connectivity index (χ1) is 12.1. The first-order valence-corrected chi connectivity index (χ1v) is 8.59. The number of urea groups is 1. The summed E-state index contributed by atoms with van der Waals surface area (Å²) in [7, 11) is 0. The third-order valence-electron chi connectivity index (χ3n) is 4.44. The fraction of sp³-hybridized carbons (Fsp3) is 0.368. The molecule has 0 radical (unpaired) electrons. The van der Waals surface area contributed by atoms with Gasteiger partial charge in [0.1, 0.15) is 5.82 Å². The van der Waals surface area contributed by atoms with Gasteiger partial charge in [-0.25, -0.2) is 9.78 Å². The van der Waals surface area contributed by atoms with Gasteiger partial charge in [0, 0.05) is 32.2 Å². The average Bonchev–Trinajstić information content (AvgIpc) is 2.62. The summed E-state index contributed by atoms with van der Waals surface area (Å²) < 4.78 is 13.3. The second kappa shape index (κ2) is 7.96. The van der Waals surface area contributed by atoms with Crippen LogP contribution in [0.15, 0.2) is 48.5 Å². The molecule has 1 aliphatic rings. The van der Waals surface area contributed by atoms with Crippen molar-refractivity contribution < 1.29 is 9.18 Å². The van der Waals surface area contributed by atoms with E-state index < -0.39 is 5.95 Å². The van der Waals surface area contributed by atoms with Gasteiger partial charge in [0.25, 0.3) is 0 Å². The number of carbonyl (C=O) groups excluding carboxylic acids is 1. The molecule has 1 aromatic heterocycles. The lowest BCUT2D eigenvalue weighted by atomic mass is 10.1. The highest BCUT2D eigenvalue weighted by atomic mass is 19.1. The Morgan fingerprint density at radius 3 is 2.72 bits per heavy atom. The molecule has 1 atom stereocenters. The SMILES string of the molecule is CC1CN(C(=O)NCCc2ccccc2)CCN1c1cccc(F)n1. The van der Waals surface area contributed by atoms with Crippen molar-refractivity contribution in [2.24, 2.45) is 0 Å². The molecule has 2 aromatic rings. The minimum Gasteiger partial charge on any atom is -0.350 e. The molecule has 1 unspecified atom stereocenters. The van der Waals surface area contributed by atoms with E-state index in [1.807, 2.05) is 34.9 Å². The van der Waals surface area contributed by atoms with Crippen molar-refractivity contribution in [3.05, 3.63) is 60.0 Å². The standard InChI is InChI=1S/C19H23FN4O/c1-15-14-23(12-13-24(15)18-9-5-8-17(20)22-18)19(25)21-11-10-16-6-3-2-4-7-16/h2-9,15H,10-14H2,1H3,(H,21,25). The minimum atomic E-state index is -0.481. The Labute approximate surface area is 147 Å². The fourth-order valence-corrected chi connectivity index (χ4v) is 3.11. The molecule has 1 aliphatic heterocycles. The van der Waals surface area contributed by atoms with E-state index >= 15 is 0 Å². The lowest BCUT2D eigenvalue weighted by molar-refractivity contribution is 0.186. The van der Waals surface area contributed by atoms with Crippen LogP contribution in [0.3, 0.4) is 0 Å². The topological polar surface area (TPSA) is 48.5 Å². The van der Waals surface area contributed by atoms with Crippen LogP contribution in [0.25, 0.3) is 0 Å². The molecule has 25 heavy (non-hydrogen) atoms. The van der Waals surface area contributed by atoms with E-state index in [-0.39, 0.29) is 12.1 Å². The van der Waals surface area contributed by atoms with Crippen molar-refractivity contribution in [2.75, 3.05) is 31.1 Å². The van der Waals surface area contributed by atoms with Crippen LogP contribution in [0.4, 0.5) is 15.0 Å². The summed E-state index contributed by atoms with van der Waals surface area (Å²) in [5, 5.41) is 2.98. The number of benzene rings is 1. The number of anilines is 1. The summed E-state index contributed by atoms with van der Waals surface area (Å²) in [6, 6.07) is 14.9. The number of rotatable bonds is 4. The highest BCUT2D eigenvalue weighted by molar-refractivity contribution is 5.74. The zero-order valence-electron chi connectivity index (χ0n) is 14.4. The third kappa shape index (κ3) is 4.47. The summed E-state index contributed by atoms with van der Waals surface area (Å²) in [6.45, 7) is 4.47. The molecule has 1 aromatic carbocycles. The second-order valence-corrected chi connectivity index (χ2v) is 6.27. The number of hydrogen-bond acceptors (Lipinski definition) is 3. The van der Waals surface area contributed by atoms with Gasteiger partial charge in [-0.05, 0) is 31.0 Å². The fourth-order valence-electron chi connectivity index (χ4n) is 3.11. The summed E-state index contributed by atoms with van der Waals surface area (Å²) >= 11 is 0. The summed E-state index contributed by atoms with van der Waals surface area (Å²) in [6.07, 6.45) is 0.815. The van der Waals surface area contributed by atoms with Crippen molar-refractivity contribution in [1.82, 2.24) is 15.2 Å². The molecule has 3 rings (SSSR count). The number of nitrogens with one attached hydrogen (secondary N) is 1. The number of hydrogen-bond donors (Lipinski definition) is 1. The van der Waals surface area contributed by atoms with Crippen LogP contribution in [0.1, 0.15) is 12.5 Å². The molecule has 0 saturated carbocycles. The summed E-state index contributed by atoms with van der Waals surface area (Å²) in [5.74, 6) is 0.141. The Bertz CT molecular complexity index is 710. The molecule has 2 amide bonds. The normalized spacial score (nSPS) is 17.4. The Kier molecular flexibility index (Phi) is 5.48. The zero-order chi connectivity index (χ0) is 17.6. The van der Waals surface area contributed by atoms with E-state index in [0.29, 0.717) is 32.0 Å². The van der Waals surface area contributed by atoms with Crippen LogP contribution in [0.5, 0.6) is 0 Å². The Morgan fingerprint density at radius 2 is 2.00 bits per heavy atom. The molecular formula is C19H23FN4O. The molecule has 0 aliphatic carbocycles. The molecule has 0 spiro atoms. The molecular weight excluding hydrogens is 319 g/mol. The Hall–Kier alpha value is -2.63. The van der Waals surface area contributed by atoms with Gasteiger partial charge in [-0.15, -0.1) is 0 Å². The predicted molar refractivity (Wildman–Crippen MR) is 96.1 cm³/mol. The molecule has 5 nitrogen and oxygen atoms in total. The van der Waals surface area contributed by atoms with Crippen LogP contribution in [-0.2, 0) is 6.42 Å². The molecule has 6 heteroatoms. The molecule has 0 bridgehead atoms. The minimum absolute atomic E-state index is 0.0466. The molecule has 132 valence electrons. The summed E-state index contributed by atoms with van der Waals surface area (Å²) in [4.78, 5) is 20.1. The predicted octanol–water partition coefficient (Wildman–Crippen LogP) is 2.68. The van der Waals surface area contributed by atoms with Crippen molar-refractivity contribution >= 4 is 11.8 Å². The lowest BCUT2D eigenvalue weighted by Gasteiger charge is -2.40. The second-order valence-electron chi connectivity index (χ2n) is 6.27. The highest BCUT2D eigenvalue weighted by Crippen LogP contribution is 2.18. The highest BCUT2D eigenvalue weighted by Gasteiger charge is 2.27. The number of aromatic nitrogens is 1. The first kappa shape index (κ1) is 17.2. The molecule has 1 fully saturated rings. The van der Waals surface area contributed by atoms with Gasteiger partial charge < -0.3 is 15.1 Å². The average molecular weight is 342 g/mol. The van der Waals surface area contributed by atoms with E-state index in [2.05, 4.69) is 22.4 Å². The number of piperazine rings is 1. The monoisotopic (exact) mass is 342 g/mol. The quantitative estimate of drug-likeness (QED) is 0.869. The van der Waals surface area contributed by atoms with E-state index in [0.717, 1.165) is 6.42 Å². The maximum absolute atomic E-state index is 13.3. The zero-order valence-corrected chi connectivity index (χ0v) is 14.4. The number of nitrogens with zero attached hydrogens (tertiary/aromatic N) is 3. The number of carbonyl (C=O) groups is 1. The Balaban J connectivity index is 1.49. The van der Waals surface area contributed by atoms with E-state index in [4.69, 9.17) is 0 Å². The first-order valence-electron chi connectivity index (χ1n) is 8.59. The van der Waals surface area contributed by atoms with Crippen molar-refractivity contribution in [2.45, 2.75) is 19.4 Å². The van der Waals surface area contributed by atoms with Gasteiger partial charge in [0.05, 0.1) is 0 Å². The van der Waals surface area contributed by atoms with Gasteiger partial charge in [-0.3, -0.25) is 0 Å². The maximum Gasteiger partial charge on any atom is 0.317 e. The van der Waals surface area contributed by atoms with Crippen LogP contribution < -0.4 is 10.2 Å². The number of halogens is 1. The van der Waals surface area contributed by atoms with Gasteiger partial charge in [0.2, 0.25) is 5.95 Å². The lowest BCUT2D eigenvalue weighted by Crippen LogP contribution is -2.56. The van der Waals surface area contributed by atoms with Gasteiger partial charge in [0.15, 0.2) is 0 Å². The van der Waals surface area contributed by atoms with Gasteiger partial charge in [-0.1, -0.05) is 36.4 Å². The Morgan fingerprint density at radius 1 is 1.20 bits per heavy atom. The van der Waals surface area contributed by atoms with Crippen LogP contribution >= 0.6 is 0 Å².